The van der Waals surface area contributed by atoms with Crippen LogP contribution in [-0.4, -0.2) is 15.1 Å². The van der Waals surface area contributed by atoms with Gasteiger partial charge in [0.15, 0.2) is 0 Å². The Kier molecular flexibility index (Phi) is 4.04. The Labute approximate surface area is 119 Å². The SMILES string of the molecule is Cc1ccc(Oc2cncc(CO)n2)c(C(C)(C)C)c1. The maximum absolute atomic E-state index is 9.09. The lowest BCUT2D eigenvalue weighted by atomic mass is 9.85. The fourth-order valence-electron chi connectivity index (χ4n) is 1.94. The molecule has 1 aromatic heterocycles. The first kappa shape index (κ1) is 14.5. The summed E-state index contributed by atoms with van der Waals surface area (Å²) in [6.07, 6.45) is 3.07. The minimum absolute atomic E-state index is 0.0244. The molecule has 0 aliphatic rings. The van der Waals surface area contributed by atoms with Gasteiger partial charge in [-0.1, -0.05) is 38.5 Å². The van der Waals surface area contributed by atoms with Crippen LogP contribution in [0.5, 0.6) is 11.6 Å². The molecule has 0 fully saturated rings. The van der Waals surface area contributed by atoms with E-state index in [-0.39, 0.29) is 12.0 Å². The van der Waals surface area contributed by atoms with E-state index in [1.165, 1.54) is 11.8 Å². The first-order valence-corrected chi connectivity index (χ1v) is 6.61. The predicted octanol–water partition coefficient (Wildman–Crippen LogP) is 3.37. The van der Waals surface area contributed by atoms with Crippen LogP contribution in [0.15, 0.2) is 30.6 Å². The van der Waals surface area contributed by atoms with E-state index in [1.807, 2.05) is 12.1 Å². The van der Waals surface area contributed by atoms with Gasteiger partial charge >= 0.3 is 0 Å². The molecule has 2 rings (SSSR count). The summed E-state index contributed by atoms with van der Waals surface area (Å²) in [5.74, 6) is 1.17. The van der Waals surface area contributed by atoms with E-state index in [2.05, 4.69) is 43.7 Å². The number of ether oxygens (including phenoxy) is 1. The lowest BCUT2D eigenvalue weighted by Crippen LogP contribution is -2.13. The zero-order valence-corrected chi connectivity index (χ0v) is 12.3. The molecule has 1 N–H and O–H groups in total. The molecule has 0 aliphatic heterocycles. The molecule has 20 heavy (non-hydrogen) atoms. The normalized spacial score (nSPS) is 11.4. The van der Waals surface area contributed by atoms with Crippen LogP contribution in [0.4, 0.5) is 0 Å². The number of benzene rings is 1. The fourth-order valence-corrected chi connectivity index (χ4v) is 1.94. The molecule has 2 aromatic rings. The number of nitrogens with zero attached hydrogens (tertiary/aromatic N) is 2. The van der Waals surface area contributed by atoms with Crippen LogP contribution >= 0.6 is 0 Å². The summed E-state index contributed by atoms with van der Waals surface area (Å²) in [7, 11) is 0. The van der Waals surface area contributed by atoms with Crippen LogP contribution in [0.3, 0.4) is 0 Å². The van der Waals surface area contributed by atoms with Crippen molar-refractivity contribution in [3.05, 3.63) is 47.4 Å². The highest BCUT2D eigenvalue weighted by Crippen LogP contribution is 2.34. The molecule has 0 unspecified atom stereocenters. The third kappa shape index (κ3) is 3.33. The van der Waals surface area contributed by atoms with Gasteiger partial charge in [0.1, 0.15) is 5.75 Å². The molecular weight excluding hydrogens is 252 g/mol. The smallest absolute Gasteiger partial charge is 0.238 e. The van der Waals surface area contributed by atoms with Crippen LogP contribution < -0.4 is 4.74 Å². The number of aliphatic hydroxyl groups is 1. The number of aryl methyl sites for hydroxylation is 1. The van der Waals surface area contributed by atoms with Gasteiger partial charge in [0.2, 0.25) is 5.88 Å². The van der Waals surface area contributed by atoms with Crippen molar-refractivity contribution in [3.8, 4) is 11.6 Å². The molecule has 4 heteroatoms. The van der Waals surface area contributed by atoms with Gasteiger partial charge in [0.05, 0.1) is 24.7 Å². The highest BCUT2D eigenvalue weighted by molar-refractivity contribution is 5.42. The molecule has 0 radical (unpaired) electrons. The summed E-state index contributed by atoms with van der Waals surface area (Å²) in [5, 5.41) is 9.09. The van der Waals surface area contributed by atoms with E-state index >= 15 is 0 Å². The third-order valence-electron chi connectivity index (χ3n) is 2.98. The van der Waals surface area contributed by atoms with Crippen molar-refractivity contribution < 1.29 is 9.84 Å². The molecule has 0 atom stereocenters. The third-order valence-corrected chi connectivity index (χ3v) is 2.98. The zero-order chi connectivity index (χ0) is 14.8. The van der Waals surface area contributed by atoms with Crippen molar-refractivity contribution in [1.82, 2.24) is 9.97 Å². The number of rotatable bonds is 3. The molecule has 4 nitrogen and oxygen atoms in total. The van der Waals surface area contributed by atoms with Crippen LogP contribution in [0, 0.1) is 6.92 Å². The van der Waals surface area contributed by atoms with Gasteiger partial charge in [-0.3, -0.25) is 4.98 Å². The van der Waals surface area contributed by atoms with E-state index in [0.29, 0.717) is 11.6 Å². The van der Waals surface area contributed by atoms with Crippen LogP contribution in [0.25, 0.3) is 0 Å². The number of aromatic nitrogens is 2. The second-order valence-corrected chi connectivity index (χ2v) is 5.86. The van der Waals surface area contributed by atoms with Gasteiger partial charge in [0, 0.05) is 5.56 Å². The molecule has 1 aromatic carbocycles. The van der Waals surface area contributed by atoms with Gasteiger partial charge in [-0.2, -0.15) is 0 Å². The van der Waals surface area contributed by atoms with Gasteiger partial charge in [-0.15, -0.1) is 0 Å². The highest BCUT2D eigenvalue weighted by Gasteiger charge is 2.19. The topological polar surface area (TPSA) is 55.2 Å². The van der Waals surface area contributed by atoms with Crippen molar-refractivity contribution in [2.45, 2.75) is 39.7 Å². The van der Waals surface area contributed by atoms with E-state index in [4.69, 9.17) is 9.84 Å². The quantitative estimate of drug-likeness (QED) is 0.930. The van der Waals surface area contributed by atoms with E-state index < -0.39 is 0 Å². The molecule has 0 saturated heterocycles. The van der Waals surface area contributed by atoms with Crippen molar-refractivity contribution in [3.63, 3.8) is 0 Å². The zero-order valence-electron chi connectivity index (χ0n) is 12.3. The molecular formula is C16H20N2O2. The second kappa shape index (κ2) is 5.59. The average molecular weight is 272 g/mol. The van der Waals surface area contributed by atoms with Crippen molar-refractivity contribution in [2.24, 2.45) is 0 Å². The van der Waals surface area contributed by atoms with Crippen LogP contribution in [0.2, 0.25) is 0 Å². The summed E-state index contributed by atoms with van der Waals surface area (Å²) in [6.45, 7) is 8.34. The number of hydrogen-bond donors (Lipinski definition) is 1. The summed E-state index contributed by atoms with van der Waals surface area (Å²) < 4.78 is 5.85. The monoisotopic (exact) mass is 272 g/mol. The summed E-state index contributed by atoms with van der Waals surface area (Å²) >= 11 is 0. The summed E-state index contributed by atoms with van der Waals surface area (Å²) in [4.78, 5) is 8.21. The Balaban J connectivity index is 2.38. The Morgan fingerprint density at radius 1 is 1.20 bits per heavy atom. The van der Waals surface area contributed by atoms with Crippen molar-refractivity contribution in [2.75, 3.05) is 0 Å². The lowest BCUT2D eigenvalue weighted by molar-refractivity contribution is 0.274. The Bertz CT molecular complexity index is 604. The first-order valence-electron chi connectivity index (χ1n) is 6.61. The maximum atomic E-state index is 9.09. The highest BCUT2D eigenvalue weighted by atomic mass is 16.5. The minimum atomic E-state index is -0.149. The molecule has 0 spiro atoms. The van der Waals surface area contributed by atoms with E-state index in [9.17, 15) is 0 Å². The predicted molar refractivity (Wildman–Crippen MR) is 77.9 cm³/mol. The lowest BCUT2D eigenvalue weighted by Gasteiger charge is -2.23. The van der Waals surface area contributed by atoms with Gasteiger partial charge in [-0.25, -0.2) is 4.98 Å². The number of hydrogen-bond acceptors (Lipinski definition) is 4. The Morgan fingerprint density at radius 2 is 1.95 bits per heavy atom. The first-order chi connectivity index (χ1) is 9.40. The number of aliphatic hydroxyl groups excluding tert-OH is 1. The van der Waals surface area contributed by atoms with Crippen molar-refractivity contribution in [1.29, 1.82) is 0 Å². The minimum Gasteiger partial charge on any atom is -0.437 e. The Hall–Kier alpha value is -1.94. The van der Waals surface area contributed by atoms with E-state index in [0.717, 1.165) is 11.3 Å². The Morgan fingerprint density at radius 3 is 2.60 bits per heavy atom. The van der Waals surface area contributed by atoms with Crippen LogP contribution in [-0.2, 0) is 12.0 Å². The maximum Gasteiger partial charge on any atom is 0.238 e. The van der Waals surface area contributed by atoms with Gasteiger partial charge in [0.25, 0.3) is 0 Å². The van der Waals surface area contributed by atoms with Crippen molar-refractivity contribution >= 4 is 0 Å². The molecule has 1 heterocycles. The van der Waals surface area contributed by atoms with Gasteiger partial charge in [-0.05, 0) is 18.4 Å². The standard InChI is InChI=1S/C16H20N2O2/c1-11-5-6-14(13(7-11)16(2,3)4)20-15-9-17-8-12(10-19)18-15/h5-9,19H,10H2,1-4H3. The molecule has 0 amide bonds. The fraction of sp³-hybridized carbons (Fsp3) is 0.375. The van der Waals surface area contributed by atoms with Gasteiger partial charge < -0.3 is 9.84 Å². The average Bonchev–Trinajstić information content (AvgIpc) is 2.40. The molecule has 106 valence electrons. The second-order valence-electron chi connectivity index (χ2n) is 5.86. The van der Waals surface area contributed by atoms with Crippen LogP contribution in [0.1, 0.15) is 37.6 Å². The largest absolute Gasteiger partial charge is 0.437 e. The van der Waals surface area contributed by atoms with E-state index in [1.54, 1.807) is 6.20 Å². The molecule has 0 saturated carbocycles. The molecule has 0 bridgehead atoms. The summed E-state index contributed by atoms with van der Waals surface area (Å²) in [6, 6.07) is 6.08. The summed E-state index contributed by atoms with van der Waals surface area (Å²) in [5.41, 5.74) is 2.78. The molecule has 0 aliphatic carbocycles.